The van der Waals surface area contributed by atoms with Gasteiger partial charge in [-0.15, -0.1) is 0 Å². The third-order valence-electron chi connectivity index (χ3n) is 2.01. The van der Waals surface area contributed by atoms with Gasteiger partial charge in [0.1, 0.15) is 0 Å². The molecule has 16 heavy (non-hydrogen) atoms. The number of aromatic nitrogens is 2. The van der Waals surface area contributed by atoms with Gasteiger partial charge in [0, 0.05) is 10.7 Å². The van der Waals surface area contributed by atoms with Crippen LogP contribution in [0.4, 0.5) is 0 Å². The molecule has 0 saturated heterocycles. The first-order chi connectivity index (χ1) is 7.63. The molecule has 0 atom stereocenters. The molecule has 2 rings (SSSR count). The van der Waals surface area contributed by atoms with Gasteiger partial charge in [0.15, 0.2) is 11.3 Å². The molecule has 0 fully saturated rings. The predicted octanol–water partition coefficient (Wildman–Crippen LogP) is 2.93. The number of halogens is 2. The molecule has 0 saturated carbocycles. The summed E-state index contributed by atoms with van der Waals surface area (Å²) >= 11 is 9.30. The zero-order valence-electron chi connectivity index (χ0n) is 8.41. The van der Waals surface area contributed by atoms with Crippen LogP contribution in [0.15, 0.2) is 22.9 Å². The Kier molecular flexibility index (Phi) is 3.16. The third kappa shape index (κ3) is 1.92. The van der Waals surface area contributed by atoms with E-state index in [1.54, 1.807) is 23.6 Å². The first-order valence-corrected chi connectivity index (χ1v) is 5.79. The summed E-state index contributed by atoms with van der Waals surface area (Å²) in [5, 5.41) is 0.477. The molecule has 6 heteroatoms. The van der Waals surface area contributed by atoms with Crippen molar-refractivity contribution in [2.24, 2.45) is 0 Å². The maximum absolute atomic E-state index is 11.6. The molecular weight excluding hydrogens is 295 g/mol. The largest absolute Gasteiger partial charge is 0.461 e. The Labute approximate surface area is 105 Å². The molecule has 2 heterocycles. The number of rotatable bonds is 2. The number of esters is 1. The van der Waals surface area contributed by atoms with Crippen LogP contribution < -0.4 is 0 Å². The van der Waals surface area contributed by atoms with Crippen molar-refractivity contribution in [1.82, 2.24) is 9.38 Å². The van der Waals surface area contributed by atoms with Crippen LogP contribution in [0.3, 0.4) is 0 Å². The third-order valence-corrected chi connectivity index (χ3v) is 2.72. The van der Waals surface area contributed by atoms with E-state index in [4.69, 9.17) is 16.3 Å². The number of nitrogens with zero attached hydrogens (tertiary/aromatic N) is 2. The fourth-order valence-electron chi connectivity index (χ4n) is 1.37. The molecule has 0 N–H and O–H groups in total. The molecule has 2 aromatic rings. The van der Waals surface area contributed by atoms with Gasteiger partial charge < -0.3 is 4.74 Å². The Hall–Kier alpha value is -1.07. The van der Waals surface area contributed by atoms with Gasteiger partial charge in [-0.2, -0.15) is 0 Å². The van der Waals surface area contributed by atoms with Crippen molar-refractivity contribution in [3.63, 3.8) is 0 Å². The number of carbonyl (C=O) groups is 1. The fourth-order valence-corrected chi connectivity index (χ4v) is 2.19. The molecular formula is C10H8BrClN2O2. The SMILES string of the molecule is CCOC(=O)c1cnc2c(Cl)cc(Br)cn12. The van der Waals surface area contributed by atoms with E-state index in [1.165, 1.54) is 6.20 Å². The van der Waals surface area contributed by atoms with E-state index in [0.29, 0.717) is 23.0 Å². The van der Waals surface area contributed by atoms with E-state index in [9.17, 15) is 4.79 Å². The topological polar surface area (TPSA) is 43.6 Å². The minimum absolute atomic E-state index is 0.327. The smallest absolute Gasteiger partial charge is 0.356 e. The highest BCUT2D eigenvalue weighted by molar-refractivity contribution is 9.10. The van der Waals surface area contributed by atoms with Gasteiger partial charge in [-0.25, -0.2) is 9.78 Å². The molecule has 0 unspecified atom stereocenters. The zero-order valence-corrected chi connectivity index (χ0v) is 10.7. The molecule has 0 aliphatic heterocycles. The Balaban J connectivity index is 2.60. The van der Waals surface area contributed by atoms with Crippen LogP contribution in [-0.2, 0) is 4.74 Å². The molecule has 0 spiro atoms. The minimum atomic E-state index is -0.413. The highest BCUT2D eigenvalue weighted by atomic mass is 79.9. The summed E-state index contributed by atoms with van der Waals surface area (Å²) in [7, 11) is 0. The van der Waals surface area contributed by atoms with Gasteiger partial charge in [-0.1, -0.05) is 11.6 Å². The van der Waals surface area contributed by atoms with E-state index in [1.807, 2.05) is 0 Å². The van der Waals surface area contributed by atoms with Crippen molar-refractivity contribution in [2.45, 2.75) is 6.92 Å². The van der Waals surface area contributed by atoms with E-state index >= 15 is 0 Å². The molecule has 0 aliphatic carbocycles. The standard InChI is InChI=1S/C10H8BrClN2O2/c1-2-16-10(15)8-4-13-9-7(12)3-6(11)5-14(8)9/h3-5H,2H2,1H3. The number of ether oxygens (including phenoxy) is 1. The summed E-state index contributed by atoms with van der Waals surface area (Å²) in [5.41, 5.74) is 0.896. The zero-order chi connectivity index (χ0) is 11.7. The van der Waals surface area contributed by atoms with Crippen molar-refractivity contribution in [2.75, 3.05) is 6.61 Å². The summed E-state index contributed by atoms with van der Waals surface area (Å²) in [5.74, 6) is -0.413. The van der Waals surface area contributed by atoms with Crippen molar-refractivity contribution < 1.29 is 9.53 Å². The van der Waals surface area contributed by atoms with Crippen molar-refractivity contribution in [3.05, 3.63) is 33.6 Å². The van der Waals surface area contributed by atoms with Crippen LogP contribution in [0.25, 0.3) is 5.65 Å². The second-order valence-electron chi connectivity index (χ2n) is 3.06. The number of pyridine rings is 1. The fraction of sp³-hybridized carbons (Fsp3) is 0.200. The molecule has 0 aromatic carbocycles. The number of fused-ring (bicyclic) bond motifs is 1. The van der Waals surface area contributed by atoms with Crippen LogP contribution in [0.5, 0.6) is 0 Å². The number of carbonyl (C=O) groups excluding carboxylic acids is 1. The molecule has 4 nitrogen and oxygen atoms in total. The second kappa shape index (κ2) is 4.43. The summed E-state index contributed by atoms with van der Waals surface area (Å²) in [6.07, 6.45) is 3.17. The van der Waals surface area contributed by atoms with Crippen molar-refractivity contribution in [3.8, 4) is 0 Å². The quantitative estimate of drug-likeness (QED) is 0.801. The first-order valence-electron chi connectivity index (χ1n) is 4.62. The number of hydrogen-bond acceptors (Lipinski definition) is 3. The van der Waals surface area contributed by atoms with Gasteiger partial charge in [-0.3, -0.25) is 4.40 Å². The van der Waals surface area contributed by atoms with Gasteiger partial charge in [0.05, 0.1) is 17.8 Å². The maximum Gasteiger partial charge on any atom is 0.356 e. The van der Waals surface area contributed by atoms with E-state index in [2.05, 4.69) is 20.9 Å². The lowest BCUT2D eigenvalue weighted by Crippen LogP contribution is -2.07. The highest BCUT2D eigenvalue weighted by Crippen LogP contribution is 2.22. The molecule has 84 valence electrons. The molecule has 0 amide bonds. The van der Waals surface area contributed by atoms with E-state index in [0.717, 1.165) is 4.47 Å². The van der Waals surface area contributed by atoms with Crippen LogP contribution in [0.2, 0.25) is 5.02 Å². The molecule has 0 radical (unpaired) electrons. The number of hydrogen-bond donors (Lipinski definition) is 0. The average Bonchev–Trinajstić information content (AvgIpc) is 2.61. The molecule has 2 aromatic heterocycles. The normalized spacial score (nSPS) is 10.7. The highest BCUT2D eigenvalue weighted by Gasteiger charge is 2.14. The average molecular weight is 304 g/mol. The lowest BCUT2D eigenvalue weighted by atomic mass is 10.4. The Morgan fingerprint density at radius 2 is 2.44 bits per heavy atom. The number of imidazole rings is 1. The lowest BCUT2D eigenvalue weighted by molar-refractivity contribution is 0.0518. The Bertz CT molecular complexity index is 553. The monoisotopic (exact) mass is 302 g/mol. The predicted molar refractivity (Wildman–Crippen MR) is 63.9 cm³/mol. The molecule has 0 bridgehead atoms. The van der Waals surface area contributed by atoms with Crippen LogP contribution in [0, 0.1) is 0 Å². The minimum Gasteiger partial charge on any atom is -0.461 e. The second-order valence-corrected chi connectivity index (χ2v) is 4.39. The summed E-state index contributed by atoms with van der Waals surface area (Å²) < 4.78 is 7.29. The van der Waals surface area contributed by atoms with Gasteiger partial charge in [0.2, 0.25) is 0 Å². The Morgan fingerprint density at radius 1 is 1.69 bits per heavy atom. The summed E-state index contributed by atoms with van der Waals surface area (Å²) in [4.78, 5) is 15.7. The van der Waals surface area contributed by atoms with Crippen LogP contribution >= 0.6 is 27.5 Å². The van der Waals surface area contributed by atoms with Crippen molar-refractivity contribution >= 4 is 39.1 Å². The lowest BCUT2D eigenvalue weighted by Gasteiger charge is -2.03. The van der Waals surface area contributed by atoms with Crippen LogP contribution in [0.1, 0.15) is 17.4 Å². The van der Waals surface area contributed by atoms with E-state index < -0.39 is 5.97 Å². The van der Waals surface area contributed by atoms with Crippen LogP contribution in [-0.4, -0.2) is 22.0 Å². The van der Waals surface area contributed by atoms with E-state index in [-0.39, 0.29) is 0 Å². The van der Waals surface area contributed by atoms with Gasteiger partial charge >= 0.3 is 5.97 Å². The van der Waals surface area contributed by atoms with Gasteiger partial charge in [-0.05, 0) is 28.9 Å². The maximum atomic E-state index is 11.6. The summed E-state index contributed by atoms with van der Waals surface area (Å²) in [6.45, 7) is 2.08. The first kappa shape index (κ1) is 11.4. The van der Waals surface area contributed by atoms with Crippen molar-refractivity contribution in [1.29, 1.82) is 0 Å². The Morgan fingerprint density at radius 3 is 3.12 bits per heavy atom. The summed E-state index contributed by atoms with van der Waals surface area (Å²) in [6, 6.07) is 1.72. The van der Waals surface area contributed by atoms with Gasteiger partial charge in [0.25, 0.3) is 0 Å². The molecule has 0 aliphatic rings.